The molecule has 0 aromatic carbocycles. The van der Waals surface area contributed by atoms with Gasteiger partial charge in [0.15, 0.2) is 0 Å². The number of carbonyl (C=O) groups excluding carboxylic acids is 1. The second-order valence-corrected chi connectivity index (χ2v) is 4.32. The van der Waals surface area contributed by atoms with E-state index in [4.69, 9.17) is 5.73 Å². The zero-order valence-corrected chi connectivity index (χ0v) is 9.60. The predicted octanol–water partition coefficient (Wildman–Crippen LogP) is 1.50. The summed E-state index contributed by atoms with van der Waals surface area (Å²) in [5, 5.41) is 3.17. The Balaban J connectivity index is 2.12. The van der Waals surface area contributed by atoms with Crippen LogP contribution in [0.1, 0.15) is 16.7 Å². The van der Waals surface area contributed by atoms with Gasteiger partial charge >= 0.3 is 6.09 Å². The minimum Gasteiger partial charge on any atom is -0.448 e. The average Bonchev–Trinajstić information content (AvgIpc) is 2.65. The van der Waals surface area contributed by atoms with Gasteiger partial charge in [0.2, 0.25) is 0 Å². The predicted molar refractivity (Wildman–Crippen MR) is 60.9 cm³/mol. The van der Waals surface area contributed by atoms with E-state index in [0.29, 0.717) is 13.2 Å². The van der Waals surface area contributed by atoms with Gasteiger partial charge in [-0.05, 0) is 18.6 Å². The van der Waals surface area contributed by atoms with Crippen LogP contribution in [-0.4, -0.2) is 19.2 Å². The Morgan fingerprint density at radius 1 is 1.53 bits per heavy atom. The fraction of sp³-hybridized carbons (Fsp3) is 0.500. The summed E-state index contributed by atoms with van der Waals surface area (Å²) >= 11 is 1.80. The van der Waals surface area contributed by atoms with Gasteiger partial charge in [0.1, 0.15) is 6.61 Å². The number of primary amides is 1. The average molecular weight is 228 g/mol. The lowest BCUT2D eigenvalue weighted by atomic mass is 10.3. The molecule has 5 heteroatoms. The summed E-state index contributed by atoms with van der Waals surface area (Å²) in [5.74, 6) is 0. The molecule has 84 valence electrons. The van der Waals surface area contributed by atoms with Crippen molar-refractivity contribution in [1.29, 1.82) is 0 Å². The van der Waals surface area contributed by atoms with Gasteiger partial charge in [-0.1, -0.05) is 6.92 Å². The molecular weight excluding hydrogens is 212 g/mol. The third-order valence-electron chi connectivity index (χ3n) is 1.89. The summed E-state index contributed by atoms with van der Waals surface area (Å²) in [6.45, 7) is 3.90. The number of nitrogens with two attached hydrogens (primary N) is 1. The molecule has 4 nitrogen and oxygen atoms in total. The standard InChI is InChI=1S/C10H16N2O2S/c1-2-8-3-4-9(15-8)7-12-5-6-14-10(11)13/h3-4,12H,2,5-7H2,1H3,(H2,11,13). The van der Waals surface area contributed by atoms with Crippen molar-refractivity contribution in [2.24, 2.45) is 5.73 Å². The molecule has 0 aliphatic carbocycles. The van der Waals surface area contributed by atoms with Crippen molar-refractivity contribution >= 4 is 17.4 Å². The number of ether oxygens (including phenoxy) is 1. The number of nitrogens with one attached hydrogen (secondary N) is 1. The van der Waals surface area contributed by atoms with Crippen molar-refractivity contribution in [1.82, 2.24) is 5.32 Å². The summed E-state index contributed by atoms with van der Waals surface area (Å²) in [7, 11) is 0. The van der Waals surface area contributed by atoms with E-state index >= 15 is 0 Å². The van der Waals surface area contributed by atoms with Crippen molar-refractivity contribution in [3.8, 4) is 0 Å². The van der Waals surface area contributed by atoms with E-state index in [-0.39, 0.29) is 0 Å². The van der Waals surface area contributed by atoms with Crippen molar-refractivity contribution in [2.75, 3.05) is 13.2 Å². The summed E-state index contributed by atoms with van der Waals surface area (Å²) in [4.78, 5) is 12.9. The molecule has 1 amide bonds. The van der Waals surface area contributed by atoms with Gasteiger partial charge in [-0.3, -0.25) is 0 Å². The van der Waals surface area contributed by atoms with E-state index < -0.39 is 6.09 Å². The van der Waals surface area contributed by atoms with Crippen LogP contribution in [0.15, 0.2) is 12.1 Å². The first-order chi connectivity index (χ1) is 7.22. The molecule has 0 bridgehead atoms. The van der Waals surface area contributed by atoms with E-state index in [9.17, 15) is 4.79 Å². The van der Waals surface area contributed by atoms with Crippen LogP contribution in [-0.2, 0) is 17.7 Å². The molecule has 0 saturated heterocycles. The van der Waals surface area contributed by atoms with Gasteiger partial charge in [-0.15, -0.1) is 11.3 Å². The third kappa shape index (κ3) is 4.80. The van der Waals surface area contributed by atoms with Crippen LogP contribution in [0.5, 0.6) is 0 Å². The Morgan fingerprint density at radius 3 is 2.87 bits per heavy atom. The molecule has 0 saturated carbocycles. The lowest BCUT2D eigenvalue weighted by molar-refractivity contribution is 0.157. The molecule has 0 unspecified atom stereocenters. The molecule has 0 spiro atoms. The van der Waals surface area contributed by atoms with Gasteiger partial charge in [0.25, 0.3) is 0 Å². The number of hydrogen-bond donors (Lipinski definition) is 2. The summed E-state index contributed by atoms with van der Waals surface area (Å²) in [5.41, 5.74) is 4.82. The molecule has 0 aliphatic rings. The summed E-state index contributed by atoms with van der Waals surface area (Å²) < 4.78 is 4.59. The molecule has 0 fully saturated rings. The lowest BCUT2D eigenvalue weighted by Crippen LogP contribution is -2.22. The summed E-state index contributed by atoms with van der Waals surface area (Å²) in [6, 6.07) is 4.26. The Morgan fingerprint density at radius 2 is 2.27 bits per heavy atom. The number of rotatable bonds is 6. The zero-order chi connectivity index (χ0) is 11.1. The number of carbonyl (C=O) groups is 1. The van der Waals surface area contributed by atoms with Gasteiger partial charge < -0.3 is 15.8 Å². The molecular formula is C10H16N2O2S. The van der Waals surface area contributed by atoms with Crippen LogP contribution in [0.2, 0.25) is 0 Å². The highest BCUT2D eigenvalue weighted by atomic mass is 32.1. The smallest absolute Gasteiger partial charge is 0.404 e. The van der Waals surface area contributed by atoms with Crippen molar-refractivity contribution in [3.05, 3.63) is 21.9 Å². The largest absolute Gasteiger partial charge is 0.448 e. The Labute approximate surface area is 93.4 Å². The Hall–Kier alpha value is -1.07. The fourth-order valence-corrected chi connectivity index (χ4v) is 2.07. The molecule has 0 radical (unpaired) electrons. The molecule has 1 aromatic heterocycles. The molecule has 3 N–H and O–H groups in total. The minimum absolute atomic E-state index is 0.321. The fourth-order valence-electron chi connectivity index (χ4n) is 1.14. The zero-order valence-electron chi connectivity index (χ0n) is 8.79. The van der Waals surface area contributed by atoms with Crippen molar-refractivity contribution in [3.63, 3.8) is 0 Å². The van der Waals surface area contributed by atoms with Crippen molar-refractivity contribution < 1.29 is 9.53 Å². The SMILES string of the molecule is CCc1ccc(CNCCOC(N)=O)s1. The van der Waals surface area contributed by atoms with E-state index in [1.165, 1.54) is 9.75 Å². The van der Waals surface area contributed by atoms with E-state index in [1.54, 1.807) is 11.3 Å². The lowest BCUT2D eigenvalue weighted by Gasteiger charge is -2.02. The van der Waals surface area contributed by atoms with Crippen LogP contribution in [0.3, 0.4) is 0 Å². The highest BCUT2D eigenvalue weighted by Crippen LogP contribution is 2.16. The number of amides is 1. The first-order valence-electron chi connectivity index (χ1n) is 4.93. The number of aryl methyl sites for hydroxylation is 1. The van der Waals surface area contributed by atoms with Crippen molar-refractivity contribution in [2.45, 2.75) is 19.9 Å². The van der Waals surface area contributed by atoms with Crippen LogP contribution < -0.4 is 11.1 Å². The second kappa shape index (κ2) is 6.42. The number of hydrogen-bond acceptors (Lipinski definition) is 4. The second-order valence-electron chi connectivity index (χ2n) is 3.07. The van der Waals surface area contributed by atoms with Gasteiger partial charge in [0, 0.05) is 22.8 Å². The molecule has 15 heavy (non-hydrogen) atoms. The number of thiophene rings is 1. The maximum Gasteiger partial charge on any atom is 0.404 e. The minimum atomic E-state index is -0.721. The molecule has 0 aliphatic heterocycles. The molecule has 0 atom stereocenters. The van der Waals surface area contributed by atoms with E-state index in [1.807, 2.05) is 0 Å². The van der Waals surface area contributed by atoms with Gasteiger partial charge in [0.05, 0.1) is 0 Å². The topological polar surface area (TPSA) is 64.3 Å². The summed E-state index contributed by atoms with van der Waals surface area (Å²) in [6.07, 6.45) is 0.358. The van der Waals surface area contributed by atoms with E-state index in [0.717, 1.165) is 13.0 Å². The van der Waals surface area contributed by atoms with Crippen LogP contribution in [0.25, 0.3) is 0 Å². The first kappa shape index (κ1) is 12.0. The maximum atomic E-state index is 10.2. The van der Waals surface area contributed by atoms with Gasteiger partial charge in [-0.2, -0.15) is 0 Å². The maximum absolute atomic E-state index is 10.2. The van der Waals surface area contributed by atoms with Gasteiger partial charge in [-0.25, -0.2) is 4.79 Å². The van der Waals surface area contributed by atoms with Crippen LogP contribution >= 0.6 is 11.3 Å². The quantitative estimate of drug-likeness (QED) is 0.725. The first-order valence-corrected chi connectivity index (χ1v) is 5.74. The monoisotopic (exact) mass is 228 g/mol. The molecule has 1 heterocycles. The van der Waals surface area contributed by atoms with E-state index in [2.05, 4.69) is 29.1 Å². The van der Waals surface area contributed by atoms with Crippen LogP contribution in [0, 0.1) is 0 Å². The highest BCUT2D eigenvalue weighted by molar-refractivity contribution is 7.11. The Kier molecular flexibility index (Phi) is 5.14. The third-order valence-corrected chi connectivity index (χ3v) is 3.12. The van der Waals surface area contributed by atoms with Crippen LogP contribution in [0.4, 0.5) is 4.79 Å². The normalized spacial score (nSPS) is 10.2. The highest BCUT2D eigenvalue weighted by Gasteiger charge is 1.98. The molecule has 1 rings (SSSR count). The Bertz CT molecular complexity index is 312. The molecule has 1 aromatic rings.